The van der Waals surface area contributed by atoms with Crippen LogP contribution in [0.5, 0.6) is 0 Å². The Morgan fingerprint density at radius 1 is 1.40 bits per heavy atom. The number of rotatable bonds is 2. The van der Waals surface area contributed by atoms with Crippen LogP contribution in [0.1, 0.15) is 26.7 Å². The van der Waals surface area contributed by atoms with Crippen LogP contribution in [-0.4, -0.2) is 22.6 Å². The highest BCUT2D eigenvalue weighted by Crippen LogP contribution is 2.27. The fourth-order valence-electron chi connectivity index (χ4n) is 2.19. The van der Waals surface area contributed by atoms with Crippen molar-refractivity contribution in [3.8, 4) is 0 Å². The first-order chi connectivity index (χ1) is 7.18. The van der Waals surface area contributed by atoms with Crippen LogP contribution in [0.25, 0.3) is 0 Å². The Bertz CT molecular complexity index is 323. The molecule has 0 aliphatic carbocycles. The summed E-state index contributed by atoms with van der Waals surface area (Å²) >= 11 is 3.35. The zero-order chi connectivity index (χ0) is 10.8. The van der Waals surface area contributed by atoms with Crippen LogP contribution < -0.4 is 4.90 Å². The highest BCUT2D eigenvalue weighted by Gasteiger charge is 2.28. The third-order valence-electron chi connectivity index (χ3n) is 2.93. The van der Waals surface area contributed by atoms with Gasteiger partial charge in [0.05, 0.1) is 4.47 Å². The van der Waals surface area contributed by atoms with Gasteiger partial charge in [-0.3, -0.25) is 0 Å². The van der Waals surface area contributed by atoms with Gasteiger partial charge >= 0.3 is 0 Å². The molecule has 0 amide bonds. The molecular weight excluding hydrogens is 254 g/mol. The van der Waals surface area contributed by atoms with Gasteiger partial charge in [0.25, 0.3) is 0 Å². The molecule has 0 saturated carbocycles. The molecule has 2 rings (SSSR count). The lowest BCUT2D eigenvalue weighted by Crippen LogP contribution is -2.34. The predicted octanol–water partition coefficient (Wildman–Crippen LogP) is 2.86. The molecule has 1 atom stereocenters. The maximum atomic E-state index is 4.36. The molecule has 0 N–H and O–H groups in total. The van der Waals surface area contributed by atoms with Crippen LogP contribution in [0.15, 0.2) is 16.9 Å². The summed E-state index contributed by atoms with van der Waals surface area (Å²) in [6.45, 7) is 5.62. The zero-order valence-corrected chi connectivity index (χ0v) is 10.7. The molecule has 4 heteroatoms. The molecule has 1 aromatic heterocycles. The minimum atomic E-state index is 0.603. The average molecular weight is 270 g/mol. The van der Waals surface area contributed by atoms with Gasteiger partial charge in [0.1, 0.15) is 0 Å². The van der Waals surface area contributed by atoms with Crippen molar-refractivity contribution in [2.45, 2.75) is 32.7 Å². The van der Waals surface area contributed by atoms with E-state index in [1.54, 1.807) is 0 Å². The fraction of sp³-hybridized carbons (Fsp3) is 0.636. The van der Waals surface area contributed by atoms with E-state index in [-0.39, 0.29) is 0 Å². The van der Waals surface area contributed by atoms with Gasteiger partial charge in [0.15, 0.2) is 0 Å². The second-order valence-electron chi connectivity index (χ2n) is 4.35. The van der Waals surface area contributed by atoms with Crippen LogP contribution in [0.2, 0.25) is 0 Å². The summed E-state index contributed by atoms with van der Waals surface area (Å²) in [6.07, 6.45) is 6.15. The van der Waals surface area contributed by atoms with E-state index in [9.17, 15) is 0 Å². The lowest BCUT2D eigenvalue weighted by molar-refractivity contribution is 0.487. The smallest absolute Gasteiger partial charge is 0.225 e. The summed E-state index contributed by atoms with van der Waals surface area (Å²) in [5.74, 6) is 1.54. The Kier molecular flexibility index (Phi) is 3.24. The highest BCUT2D eigenvalue weighted by atomic mass is 79.9. The van der Waals surface area contributed by atoms with E-state index in [2.05, 4.69) is 44.6 Å². The molecule has 0 radical (unpaired) electrons. The minimum Gasteiger partial charge on any atom is -0.338 e. The van der Waals surface area contributed by atoms with Gasteiger partial charge in [0.2, 0.25) is 5.95 Å². The second-order valence-corrected chi connectivity index (χ2v) is 5.26. The Morgan fingerprint density at radius 3 is 2.67 bits per heavy atom. The summed E-state index contributed by atoms with van der Waals surface area (Å²) in [6, 6.07) is 0.603. The number of nitrogens with zero attached hydrogens (tertiary/aromatic N) is 3. The maximum Gasteiger partial charge on any atom is 0.225 e. The zero-order valence-electron chi connectivity index (χ0n) is 9.15. The van der Waals surface area contributed by atoms with Crippen molar-refractivity contribution >= 4 is 21.9 Å². The molecule has 82 valence electrons. The van der Waals surface area contributed by atoms with Gasteiger partial charge in [-0.05, 0) is 34.7 Å². The fourth-order valence-corrected chi connectivity index (χ4v) is 2.39. The molecule has 1 saturated heterocycles. The number of hydrogen-bond acceptors (Lipinski definition) is 3. The number of anilines is 1. The van der Waals surface area contributed by atoms with Crippen LogP contribution in [0.3, 0.4) is 0 Å². The van der Waals surface area contributed by atoms with E-state index in [1.165, 1.54) is 12.8 Å². The Labute approximate surface area is 99.0 Å². The van der Waals surface area contributed by atoms with Crippen LogP contribution in [-0.2, 0) is 0 Å². The van der Waals surface area contributed by atoms with E-state index >= 15 is 0 Å². The molecular formula is C11H16BrN3. The maximum absolute atomic E-state index is 4.36. The average Bonchev–Trinajstić information content (AvgIpc) is 2.67. The minimum absolute atomic E-state index is 0.603. The van der Waals surface area contributed by atoms with Gasteiger partial charge in [0, 0.05) is 25.0 Å². The third kappa shape index (κ3) is 2.30. The first-order valence-electron chi connectivity index (χ1n) is 5.42. The van der Waals surface area contributed by atoms with E-state index in [0.29, 0.717) is 12.0 Å². The topological polar surface area (TPSA) is 29.0 Å². The normalized spacial score (nSPS) is 21.3. The molecule has 1 aromatic rings. The highest BCUT2D eigenvalue weighted by molar-refractivity contribution is 9.10. The third-order valence-corrected chi connectivity index (χ3v) is 3.34. The van der Waals surface area contributed by atoms with Crippen LogP contribution in [0, 0.1) is 5.92 Å². The van der Waals surface area contributed by atoms with Gasteiger partial charge in [-0.1, -0.05) is 13.8 Å². The Balaban J connectivity index is 2.19. The van der Waals surface area contributed by atoms with Gasteiger partial charge in [-0.2, -0.15) is 0 Å². The molecule has 1 fully saturated rings. The van der Waals surface area contributed by atoms with E-state index in [4.69, 9.17) is 0 Å². The Morgan fingerprint density at radius 2 is 2.07 bits per heavy atom. The monoisotopic (exact) mass is 269 g/mol. The standard InChI is InChI=1S/C11H16BrN3/c1-8(2)10-4-3-5-15(10)11-13-6-9(12)7-14-11/h6-8,10H,3-5H2,1-2H3. The first-order valence-corrected chi connectivity index (χ1v) is 6.22. The summed E-state index contributed by atoms with van der Waals surface area (Å²) in [4.78, 5) is 11.1. The molecule has 0 spiro atoms. The SMILES string of the molecule is CC(C)C1CCCN1c1ncc(Br)cn1. The lowest BCUT2D eigenvalue weighted by Gasteiger charge is -2.27. The molecule has 2 heterocycles. The van der Waals surface area contributed by atoms with Gasteiger partial charge in [-0.15, -0.1) is 0 Å². The second kappa shape index (κ2) is 4.47. The first kappa shape index (κ1) is 10.9. The van der Waals surface area contributed by atoms with Crippen molar-refractivity contribution in [2.24, 2.45) is 5.92 Å². The molecule has 3 nitrogen and oxygen atoms in total. The molecule has 15 heavy (non-hydrogen) atoms. The number of hydrogen-bond donors (Lipinski definition) is 0. The van der Waals surface area contributed by atoms with Crippen molar-refractivity contribution < 1.29 is 0 Å². The van der Waals surface area contributed by atoms with E-state index in [1.807, 2.05) is 12.4 Å². The van der Waals surface area contributed by atoms with Crippen LogP contribution in [0.4, 0.5) is 5.95 Å². The number of aromatic nitrogens is 2. The van der Waals surface area contributed by atoms with Crippen molar-refractivity contribution in [3.05, 3.63) is 16.9 Å². The van der Waals surface area contributed by atoms with Gasteiger partial charge in [-0.25, -0.2) is 9.97 Å². The predicted molar refractivity (Wildman–Crippen MR) is 64.9 cm³/mol. The van der Waals surface area contributed by atoms with E-state index < -0.39 is 0 Å². The summed E-state index contributed by atoms with van der Waals surface area (Å²) in [5, 5.41) is 0. The van der Waals surface area contributed by atoms with Crippen molar-refractivity contribution in [2.75, 3.05) is 11.4 Å². The van der Waals surface area contributed by atoms with Crippen molar-refractivity contribution in [3.63, 3.8) is 0 Å². The van der Waals surface area contributed by atoms with Crippen molar-refractivity contribution in [1.29, 1.82) is 0 Å². The Hall–Kier alpha value is -0.640. The molecule has 0 bridgehead atoms. The number of halogens is 1. The molecule has 0 aromatic carbocycles. The lowest BCUT2D eigenvalue weighted by atomic mass is 10.0. The molecule has 1 aliphatic rings. The molecule has 1 aliphatic heterocycles. The summed E-state index contributed by atoms with van der Waals surface area (Å²) in [7, 11) is 0. The quantitative estimate of drug-likeness (QED) is 0.827. The molecule has 1 unspecified atom stereocenters. The largest absolute Gasteiger partial charge is 0.338 e. The van der Waals surface area contributed by atoms with Crippen LogP contribution >= 0.6 is 15.9 Å². The van der Waals surface area contributed by atoms with E-state index in [0.717, 1.165) is 17.0 Å². The summed E-state index contributed by atoms with van der Waals surface area (Å²) < 4.78 is 0.937. The van der Waals surface area contributed by atoms with Crippen molar-refractivity contribution in [1.82, 2.24) is 9.97 Å². The summed E-state index contributed by atoms with van der Waals surface area (Å²) in [5.41, 5.74) is 0. The van der Waals surface area contributed by atoms with Gasteiger partial charge < -0.3 is 4.90 Å².